The van der Waals surface area contributed by atoms with E-state index in [-0.39, 0.29) is 18.2 Å². The molecule has 0 aromatic heterocycles. The number of rotatable bonds is 11. The highest BCUT2D eigenvalue weighted by atomic mass is 16.5. The predicted octanol–water partition coefficient (Wildman–Crippen LogP) is 3.35. The lowest BCUT2D eigenvalue weighted by Gasteiger charge is -2.16. The molecule has 1 aliphatic rings. The summed E-state index contributed by atoms with van der Waals surface area (Å²) in [6, 6.07) is 12.3. The van der Waals surface area contributed by atoms with Crippen LogP contribution in [0.4, 0.5) is 5.69 Å². The summed E-state index contributed by atoms with van der Waals surface area (Å²) in [4.78, 5) is 26.5. The minimum Gasteiger partial charge on any atom is -0.494 e. The lowest BCUT2D eigenvalue weighted by atomic mass is 10.1. The van der Waals surface area contributed by atoms with Gasteiger partial charge in [-0.2, -0.15) is 0 Å². The molecule has 0 radical (unpaired) electrons. The van der Waals surface area contributed by atoms with E-state index in [9.17, 15) is 9.59 Å². The van der Waals surface area contributed by atoms with E-state index in [1.807, 2.05) is 18.2 Å². The fraction of sp³-hybridized carbons (Fsp3) is 0.417. The first-order chi connectivity index (χ1) is 15.1. The molecule has 31 heavy (non-hydrogen) atoms. The van der Waals surface area contributed by atoms with Crippen LogP contribution in [0.15, 0.2) is 42.5 Å². The molecule has 0 aliphatic carbocycles. The highest BCUT2D eigenvalue weighted by Crippen LogP contribution is 2.28. The molecular formula is C24H30N2O5. The Balaban J connectivity index is 1.55. The van der Waals surface area contributed by atoms with Gasteiger partial charge in [-0.15, -0.1) is 0 Å². The number of hydrogen-bond acceptors (Lipinski definition) is 6. The number of imide groups is 1. The summed E-state index contributed by atoms with van der Waals surface area (Å²) in [6.45, 7) is 3.33. The summed E-state index contributed by atoms with van der Waals surface area (Å²) in [5.41, 5.74) is 1.62. The van der Waals surface area contributed by atoms with Crippen LogP contribution in [0.2, 0.25) is 0 Å². The van der Waals surface area contributed by atoms with Crippen molar-refractivity contribution in [2.45, 2.75) is 38.6 Å². The maximum Gasteiger partial charge on any atom is 0.251 e. The first-order valence-corrected chi connectivity index (χ1v) is 10.6. The molecule has 1 N–H and O–H groups in total. The molecule has 0 unspecified atom stereocenters. The highest BCUT2D eigenvalue weighted by molar-refractivity contribution is 6.22. The van der Waals surface area contributed by atoms with Gasteiger partial charge in [0.05, 0.1) is 39.0 Å². The largest absolute Gasteiger partial charge is 0.494 e. The second kappa shape index (κ2) is 10.8. The molecule has 1 aliphatic heterocycles. The van der Waals surface area contributed by atoms with Crippen LogP contribution in [0.3, 0.4) is 0 Å². The third-order valence-electron chi connectivity index (χ3n) is 5.26. The van der Waals surface area contributed by atoms with Gasteiger partial charge >= 0.3 is 0 Å². The van der Waals surface area contributed by atoms with Gasteiger partial charge < -0.3 is 19.5 Å². The zero-order valence-corrected chi connectivity index (χ0v) is 18.3. The molecule has 1 heterocycles. The average Bonchev–Trinajstić information content (AvgIpc) is 3.07. The summed E-state index contributed by atoms with van der Waals surface area (Å²) in [5.74, 6) is 1.65. The molecule has 1 atom stereocenters. The topological polar surface area (TPSA) is 77.1 Å². The SMILES string of the molecule is CCCCOc1ccc(N2C(=O)C[C@H](NCCc3ccc(OC)c(OC)c3)C2=O)cc1. The van der Waals surface area contributed by atoms with Gasteiger partial charge in [-0.3, -0.25) is 9.59 Å². The Labute approximate surface area is 183 Å². The van der Waals surface area contributed by atoms with Crippen molar-refractivity contribution in [3.8, 4) is 17.2 Å². The molecule has 1 saturated heterocycles. The van der Waals surface area contributed by atoms with E-state index in [0.29, 0.717) is 36.8 Å². The van der Waals surface area contributed by atoms with Gasteiger partial charge in [0.25, 0.3) is 5.91 Å². The fourth-order valence-electron chi connectivity index (χ4n) is 3.52. The Bertz CT molecular complexity index is 897. The highest BCUT2D eigenvalue weighted by Gasteiger charge is 2.39. The predicted molar refractivity (Wildman–Crippen MR) is 119 cm³/mol. The Morgan fingerprint density at radius 2 is 1.77 bits per heavy atom. The van der Waals surface area contributed by atoms with Gasteiger partial charge in [0.15, 0.2) is 11.5 Å². The molecule has 7 heteroatoms. The van der Waals surface area contributed by atoms with Crippen LogP contribution in [0, 0.1) is 0 Å². The lowest BCUT2D eigenvalue weighted by molar-refractivity contribution is -0.121. The maximum absolute atomic E-state index is 12.8. The number of unbranched alkanes of at least 4 members (excludes halogenated alkanes) is 1. The number of methoxy groups -OCH3 is 2. The quantitative estimate of drug-likeness (QED) is 0.439. The second-order valence-corrected chi connectivity index (χ2v) is 7.41. The smallest absolute Gasteiger partial charge is 0.251 e. The average molecular weight is 427 g/mol. The van der Waals surface area contributed by atoms with Crippen molar-refractivity contribution < 1.29 is 23.8 Å². The Hall–Kier alpha value is -3.06. The zero-order chi connectivity index (χ0) is 22.2. The molecular weight excluding hydrogens is 396 g/mol. The Morgan fingerprint density at radius 3 is 2.45 bits per heavy atom. The van der Waals surface area contributed by atoms with Gasteiger partial charge in [0, 0.05) is 0 Å². The summed E-state index contributed by atoms with van der Waals surface area (Å²) in [5, 5.41) is 3.21. The number of hydrogen-bond donors (Lipinski definition) is 1. The minimum absolute atomic E-state index is 0.152. The van der Waals surface area contributed by atoms with Gasteiger partial charge in [-0.05, 0) is 61.3 Å². The molecule has 2 amide bonds. The Morgan fingerprint density at radius 1 is 1.03 bits per heavy atom. The van der Waals surface area contributed by atoms with Crippen LogP contribution < -0.4 is 24.4 Å². The van der Waals surface area contributed by atoms with Gasteiger partial charge in [-0.1, -0.05) is 19.4 Å². The van der Waals surface area contributed by atoms with Crippen LogP contribution in [-0.2, 0) is 16.0 Å². The van der Waals surface area contributed by atoms with Crippen molar-refractivity contribution in [1.82, 2.24) is 5.32 Å². The van der Waals surface area contributed by atoms with Crippen LogP contribution in [0.5, 0.6) is 17.2 Å². The van der Waals surface area contributed by atoms with Crippen LogP contribution in [0.1, 0.15) is 31.7 Å². The number of nitrogens with zero attached hydrogens (tertiary/aromatic N) is 1. The van der Waals surface area contributed by atoms with E-state index in [4.69, 9.17) is 14.2 Å². The van der Waals surface area contributed by atoms with E-state index in [2.05, 4.69) is 12.2 Å². The maximum atomic E-state index is 12.8. The number of anilines is 1. The second-order valence-electron chi connectivity index (χ2n) is 7.41. The Kier molecular flexibility index (Phi) is 7.89. The minimum atomic E-state index is -0.520. The number of carbonyl (C=O) groups excluding carboxylic acids is 2. The van der Waals surface area contributed by atoms with Gasteiger partial charge in [-0.25, -0.2) is 4.90 Å². The van der Waals surface area contributed by atoms with Crippen LogP contribution >= 0.6 is 0 Å². The number of amides is 2. The van der Waals surface area contributed by atoms with Crippen molar-refractivity contribution in [2.24, 2.45) is 0 Å². The van der Waals surface area contributed by atoms with E-state index in [1.54, 1.807) is 38.5 Å². The van der Waals surface area contributed by atoms with Crippen LogP contribution in [-0.4, -0.2) is 45.2 Å². The monoisotopic (exact) mass is 426 g/mol. The molecule has 0 saturated carbocycles. The van der Waals surface area contributed by atoms with Gasteiger partial charge in [0.2, 0.25) is 5.91 Å². The van der Waals surface area contributed by atoms with Crippen molar-refractivity contribution in [1.29, 1.82) is 0 Å². The van der Waals surface area contributed by atoms with Crippen LogP contribution in [0.25, 0.3) is 0 Å². The van der Waals surface area contributed by atoms with E-state index in [1.165, 1.54) is 4.90 Å². The number of benzene rings is 2. The number of carbonyl (C=O) groups is 2. The molecule has 0 bridgehead atoms. The molecule has 2 aromatic rings. The standard InChI is InChI=1S/C24H30N2O5/c1-4-5-14-31-19-9-7-18(8-10-19)26-23(27)16-20(24(26)28)25-13-12-17-6-11-21(29-2)22(15-17)30-3/h6-11,15,20,25H,4-5,12-14,16H2,1-3H3/t20-/m0/s1. The first kappa shape index (κ1) is 22.6. The summed E-state index contributed by atoms with van der Waals surface area (Å²) < 4.78 is 16.2. The zero-order valence-electron chi connectivity index (χ0n) is 18.3. The fourth-order valence-corrected chi connectivity index (χ4v) is 3.52. The molecule has 3 rings (SSSR count). The van der Waals surface area contributed by atoms with Crippen molar-refractivity contribution in [3.63, 3.8) is 0 Å². The summed E-state index contributed by atoms with van der Waals surface area (Å²) >= 11 is 0. The third-order valence-corrected chi connectivity index (χ3v) is 5.26. The van der Waals surface area contributed by atoms with Crippen molar-refractivity contribution in [2.75, 3.05) is 32.3 Å². The van der Waals surface area contributed by atoms with Crippen molar-refractivity contribution >= 4 is 17.5 Å². The van der Waals surface area contributed by atoms with Crippen molar-refractivity contribution in [3.05, 3.63) is 48.0 Å². The molecule has 1 fully saturated rings. The van der Waals surface area contributed by atoms with E-state index < -0.39 is 6.04 Å². The summed E-state index contributed by atoms with van der Waals surface area (Å²) in [6.07, 6.45) is 2.90. The third kappa shape index (κ3) is 5.55. The van der Waals surface area contributed by atoms with Gasteiger partial charge in [0.1, 0.15) is 5.75 Å². The first-order valence-electron chi connectivity index (χ1n) is 10.6. The lowest BCUT2D eigenvalue weighted by Crippen LogP contribution is -2.39. The van der Waals surface area contributed by atoms with E-state index >= 15 is 0 Å². The van der Waals surface area contributed by atoms with E-state index in [0.717, 1.165) is 24.2 Å². The number of nitrogens with one attached hydrogen (secondary N) is 1. The molecule has 0 spiro atoms. The normalized spacial score (nSPS) is 16.0. The summed E-state index contributed by atoms with van der Waals surface area (Å²) in [7, 11) is 3.20. The number of ether oxygens (including phenoxy) is 3. The molecule has 166 valence electrons. The molecule has 2 aromatic carbocycles. The molecule has 7 nitrogen and oxygen atoms in total.